The van der Waals surface area contributed by atoms with E-state index in [9.17, 15) is 50.8 Å². The summed E-state index contributed by atoms with van der Waals surface area (Å²) in [4.78, 5) is 12.1. The molecule has 234 valence electrons. The Labute approximate surface area is 229 Å². The standard InChI is InChI=1S/C23H41NO16/c1-3-4-35-22-18(34)20(15(31)11(7-27)37-22)40-21-12(24-8(2)28)19(14(30)10(6-26)36-21)39-23-17(33)16(32)13(29)9(5-25)38-23/h9-23,25-27,29-34H,3-7H2,1-2H3,(H,24,28)/t9-,10-,11-,12-,13+,14+,15+,16+,17-,18-,19-,20+,21+,22+,23+/m1/s1. The normalized spacial score (nSPS) is 46.2. The maximum Gasteiger partial charge on any atom is 0.217 e. The predicted molar refractivity (Wildman–Crippen MR) is 127 cm³/mol. The molecule has 15 atom stereocenters. The summed E-state index contributed by atoms with van der Waals surface area (Å²) in [6, 6.07) is -1.44. The predicted octanol–water partition coefficient (Wildman–Crippen LogP) is -5.99. The number of hydrogen-bond acceptors (Lipinski definition) is 16. The van der Waals surface area contributed by atoms with Crippen molar-refractivity contribution in [2.24, 2.45) is 0 Å². The quantitative estimate of drug-likeness (QED) is 0.108. The number of hydrogen-bond donors (Lipinski definition) is 10. The Morgan fingerprint density at radius 1 is 0.675 bits per heavy atom. The number of carbonyl (C=O) groups excluding carboxylic acids is 1. The van der Waals surface area contributed by atoms with E-state index in [1.165, 1.54) is 0 Å². The summed E-state index contributed by atoms with van der Waals surface area (Å²) in [5.41, 5.74) is 0. The van der Waals surface area contributed by atoms with Gasteiger partial charge in [0.25, 0.3) is 0 Å². The Bertz CT molecular complexity index is 792. The molecular weight excluding hydrogens is 546 g/mol. The van der Waals surface area contributed by atoms with Gasteiger partial charge in [0.15, 0.2) is 18.9 Å². The summed E-state index contributed by atoms with van der Waals surface area (Å²) in [6.45, 7) is 0.898. The van der Waals surface area contributed by atoms with Crippen LogP contribution < -0.4 is 5.32 Å². The molecule has 40 heavy (non-hydrogen) atoms. The van der Waals surface area contributed by atoms with Gasteiger partial charge in [0.1, 0.15) is 73.2 Å². The van der Waals surface area contributed by atoms with E-state index < -0.39 is 118 Å². The molecule has 0 aromatic rings. The fourth-order valence-electron chi connectivity index (χ4n) is 4.81. The molecule has 17 nitrogen and oxygen atoms in total. The van der Waals surface area contributed by atoms with Gasteiger partial charge < -0.3 is 79.7 Å². The number of nitrogens with one attached hydrogen (secondary N) is 1. The lowest BCUT2D eigenvalue weighted by molar-refractivity contribution is -0.366. The average molecular weight is 588 g/mol. The van der Waals surface area contributed by atoms with Crippen LogP contribution in [0.15, 0.2) is 0 Å². The molecule has 0 aromatic heterocycles. The first-order valence-electron chi connectivity index (χ1n) is 13.1. The second-order valence-corrected chi connectivity index (χ2v) is 9.92. The number of rotatable bonds is 11. The molecule has 10 N–H and O–H groups in total. The number of amides is 1. The highest BCUT2D eigenvalue weighted by molar-refractivity contribution is 5.73. The summed E-state index contributed by atoms with van der Waals surface area (Å²) in [5.74, 6) is -0.662. The Balaban J connectivity index is 1.90. The molecule has 0 spiro atoms. The van der Waals surface area contributed by atoms with E-state index in [-0.39, 0.29) is 6.61 Å². The first kappa shape index (κ1) is 33.4. The van der Waals surface area contributed by atoms with E-state index in [1.807, 2.05) is 6.92 Å². The fraction of sp³-hybridized carbons (Fsp3) is 0.957. The van der Waals surface area contributed by atoms with Crippen LogP contribution in [-0.2, 0) is 33.2 Å². The summed E-state index contributed by atoms with van der Waals surface area (Å²) >= 11 is 0. The molecule has 3 rings (SSSR count). The minimum absolute atomic E-state index is 0.172. The zero-order chi connectivity index (χ0) is 29.7. The second kappa shape index (κ2) is 14.9. The van der Waals surface area contributed by atoms with Crippen LogP contribution in [0.2, 0.25) is 0 Å². The van der Waals surface area contributed by atoms with E-state index in [0.29, 0.717) is 6.42 Å². The van der Waals surface area contributed by atoms with Crippen LogP contribution >= 0.6 is 0 Å². The van der Waals surface area contributed by atoms with E-state index in [4.69, 9.17) is 28.4 Å². The van der Waals surface area contributed by atoms with E-state index in [2.05, 4.69) is 5.32 Å². The molecule has 3 heterocycles. The van der Waals surface area contributed by atoms with Crippen molar-refractivity contribution in [3.63, 3.8) is 0 Å². The van der Waals surface area contributed by atoms with Crippen LogP contribution in [0.3, 0.4) is 0 Å². The van der Waals surface area contributed by atoms with Gasteiger partial charge in [-0.25, -0.2) is 0 Å². The zero-order valence-corrected chi connectivity index (χ0v) is 22.1. The Morgan fingerprint density at radius 3 is 1.73 bits per heavy atom. The lowest BCUT2D eigenvalue weighted by Gasteiger charge is -2.49. The zero-order valence-electron chi connectivity index (χ0n) is 22.1. The molecule has 3 aliphatic heterocycles. The summed E-state index contributed by atoms with van der Waals surface area (Å²) < 4.78 is 33.5. The Kier molecular flexibility index (Phi) is 12.4. The van der Waals surface area contributed by atoms with Crippen molar-refractivity contribution in [1.82, 2.24) is 5.32 Å². The van der Waals surface area contributed by atoms with Gasteiger partial charge in [-0.15, -0.1) is 0 Å². The van der Waals surface area contributed by atoms with Crippen LogP contribution in [-0.4, -0.2) is 170 Å². The average Bonchev–Trinajstić information content (AvgIpc) is 2.93. The van der Waals surface area contributed by atoms with Crippen LogP contribution in [0.4, 0.5) is 0 Å². The molecule has 0 saturated carbocycles. The van der Waals surface area contributed by atoms with Gasteiger partial charge >= 0.3 is 0 Å². The molecule has 0 bridgehead atoms. The molecule has 17 heteroatoms. The maximum absolute atomic E-state index is 12.1. The third kappa shape index (κ3) is 7.25. The molecular formula is C23H41NO16. The smallest absolute Gasteiger partial charge is 0.217 e. The SMILES string of the molecule is CCCO[C@H]1O[C@H](CO)[C@H](O)[C@H](O[C@@H]2O[C@H](CO)[C@H](O)[C@H](O[C@@H]3O[C@H](CO)[C@H](O)[C@H](O)[C@H]3O)[C@H]2NC(C)=O)[C@H]1O. The van der Waals surface area contributed by atoms with Crippen LogP contribution in [0.1, 0.15) is 20.3 Å². The largest absolute Gasteiger partial charge is 0.394 e. The van der Waals surface area contributed by atoms with Crippen molar-refractivity contribution < 1.29 is 79.2 Å². The van der Waals surface area contributed by atoms with E-state index in [1.54, 1.807) is 0 Å². The topological polar surface area (TPSA) is 267 Å². The molecule has 0 aromatic carbocycles. The highest BCUT2D eigenvalue weighted by Crippen LogP contribution is 2.33. The molecule has 3 fully saturated rings. The van der Waals surface area contributed by atoms with Gasteiger partial charge in [-0.1, -0.05) is 6.92 Å². The first-order valence-corrected chi connectivity index (χ1v) is 13.1. The third-order valence-corrected chi connectivity index (χ3v) is 6.96. The van der Waals surface area contributed by atoms with Gasteiger partial charge in [0.05, 0.1) is 19.8 Å². The molecule has 0 aliphatic carbocycles. The van der Waals surface area contributed by atoms with Gasteiger partial charge in [0.2, 0.25) is 5.91 Å². The first-order chi connectivity index (χ1) is 19.0. The fourth-order valence-corrected chi connectivity index (χ4v) is 4.81. The van der Waals surface area contributed by atoms with Crippen molar-refractivity contribution in [3.05, 3.63) is 0 Å². The van der Waals surface area contributed by atoms with E-state index in [0.717, 1.165) is 6.92 Å². The highest BCUT2D eigenvalue weighted by Gasteiger charge is 2.54. The lowest BCUT2D eigenvalue weighted by Crippen LogP contribution is -2.69. The third-order valence-electron chi connectivity index (χ3n) is 6.96. The highest BCUT2D eigenvalue weighted by atomic mass is 16.7. The van der Waals surface area contributed by atoms with Crippen molar-refractivity contribution in [3.8, 4) is 0 Å². The molecule has 0 unspecified atom stereocenters. The van der Waals surface area contributed by atoms with E-state index >= 15 is 0 Å². The minimum Gasteiger partial charge on any atom is -0.394 e. The van der Waals surface area contributed by atoms with Crippen molar-refractivity contribution in [1.29, 1.82) is 0 Å². The summed E-state index contributed by atoms with van der Waals surface area (Å²) in [5, 5.41) is 94.7. The molecule has 1 amide bonds. The Hall–Kier alpha value is -1.13. The van der Waals surface area contributed by atoms with Gasteiger partial charge in [-0.05, 0) is 6.42 Å². The second-order valence-electron chi connectivity index (χ2n) is 9.92. The van der Waals surface area contributed by atoms with Gasteiger partial charge in [0, 0.05) is 13.5 Å². The van der Waals surface area contributed by atoms with Gasteiger partial charge in [-0.3, -0.25) is 4.79 Å². The van der Waals surface area contributed by atoms with Gasteiger partial charge in [-0.2, -0.15) is 0 Å². The van der Waals surface area contributed by atoms with Crippen molar-refractivity contribution in [2.45, 2.75) is 112 Å². The number of aliphatic hydroxyl groups excluding tert-OH is 9. The minimum atomic E-state index is -1.86. The van der Waals surface area contributed by atoms with Crippen molar-refractivity contribution >= 4 is 5.91 Å². The number of ether oxygens (including phenoxy) is 6. The van der Waals surface area contributed by atoms with Crippen molar-refractivity contribution in [2.75, 3.05) is 26.4 Å². The van der Waals surface area contributed by atoms with Crippen LogP contribution in [0.25, 0.3) is 0 Å². The molecule has 3 saturated heterocycles. The lowest BCUT2D eigenvalue weighted by atomic mass is 9.94. The van der Waals surface area contributed by atoms with Crippen LogP contribution in [0, 0.1) is 0 Å². The summed E-state index contributed by atoms with van der Waals surface area (Å²) in [6.07, 6.45) is -21.5. The molecule has 3 aliphatic rings. The number of aliphatic hydroxyl groups is 9. The Morgan fingerprint density at radius 2 is 1.18 bits per heavy atom. The number of carbonyl (C=O) groups is 1. The monoisotopic (exact) mass is 587 g/mol. The summed E-state index contributed by atoms with van der Waals surface area (Å²) in [7, 11) is 0. The maximum atomic E-state index is 12.1. The molecule has 0 radical (unpaired) electrons. The van der Waals surface area contributed by atoms with Crippen LogP contribution in [0.5, 0.6) is 0 Å².